The van der Waals surface area contributed by atoms with Crippen molar-refractivity contribution in [2.45, 2.75) is 26.0 Å². The second-order valence-corrected chi connectivity index (χ2v) is 6.55. The molecule has 0 saturated heterocycles. The molecule has 5 heteroatoms. The molecule has 0 fully saturated rings. The van der Waals surface area contributed by atoms with Gasteiger partial charge >= 0.3 is 0 Å². The summed E-state index contributed by atoms with van der Waals surface area (Å²) >= 11 is 7.16. The molecular formula is C16H18ClNO2S. The second kappa shape index (κ2) is 7.59. The zero-order chi connectivity index (χ0) is 15.2. The molecule has 0 aliphatic rings. The van der Waals surface area contributed by atoms with Crippen molar-refractivity contribution in [3.8, 4) is 0 Å². The first kappa shape index (κ1) is 16.0. The number of carbonyl (C=O) groups is 1. The second-order valence-electron chi connectivity index (χ2n) is 4.84. The first-order valence-electron chi connectivity index (χ1n) is 6.86. The molecule has 1 aromatic heterocycles. The summed E-state index contributed by atoms with van der Waals surface area (Å²) in [6.07, 6.45) is 0.0946. The molecule has 2 aromatic rings. The average Bonchev–Trinajstić information content (AvgIpc) is 2.93. The number of aliphatic hydroxyl groups excluding tert-OH is 1. The Bertz CT molecular complexity index is 585. The topological polar surface area (TPSA) is 40.5 Å². The van der Waals surface area contributed by atoms with Gasteiger partial charge in [0.05, 0.1) is 15.3 Å². The number of thiophene rings is 1. The lowest BCUT2D eigenvalue weighted by molar-refractivity contribution is 0.0603. The highest BCUT2D eigenvalue weighted by Gasteiger charge is 2.20. The normalized spacial score (nSPS) is 12.1. The van der Waals surface area contributed by atoms with E-state index in [4.69, 9.17) is 11.6 Å². The molecule has 0 bridgehead atoms. The number of hydrogen-bond donors (Lipinski definition) is 1. The van der Waals surface area contributed by atoms with Crippen molar-refractivity contribution in [2.24, 2.45) is 0 Å². The molecule has 112 valence electrons. The molecule has 1 heterocycles. The third-order valence-electron chi connectivity index (χ3n) is 3.19. The maximum absolute atomic E-state index is 12.6. The molecule has 1 N–H and O–H groups in total. The quantitative estimate of drug-likeness (QED) is 0.878. The van der Waals surface area contributed by atoms with Gasteiger partial charge in [-0.05, 0) is 24.1 Å². The molecule has 1 aromatic carbocycles. The molecule has 3 nitrogen and oxygen atoms in total. The number of benzene rings is 1. The van der Waals surface area contributed by atoms with Gasteiger partial charge in [0, 0.05) is 13.1 Å². The van der Waals surface area contributed by atoms with Gasteiger partial charge in [0.2, 0.25) is 0 Å². The number of halogens is 1. The van der Waals surface area contributed by atoms with Crippen LogP contribution in [-0.2, 0) is 6.54 Å². The maximum atomic E-state index is 12.6. The van der Waals surface area contributed by atoms with E-state index in [1.165, 1.54) is 11.3 Å². The summed E-state index contributed by atoms with van der Waals surface area (Å²) < 4.78 is 0.592. The minimum Gasteiger partial charge on any atom is -0.391 e. The van der Waals surface area contributed by atoms with Gasteiger partial charge in [-0.25, -0.2) is 0 Å². The van der Waals surface area contributed by atoms with Crippen LogP contribution in [0.1, 0.15) is 28.6 Å². The van der Waals surface area contributed by atoms with E-state index < -0.39 is 6.10 Å². The number of nitrogens with zero attached hydrogens (tertiary/aromatic N) is 1. The summed E-state index contributed by atoms with van der Waals surface area (Å²) in [6, 6.07) is 13.2. The van der Waals surface area contributed by atoms with Crippen LogP contribution >= 0.6 is 22.9 Å². The van der Waals surface area contributed by atoms with Crippen molar-refractivity contribution in [2.75, 3.05) is 6.54 Å². The Morgan fingerprint density at radius 3 is 2.57 bits per heavy atom. The lowest BCUT2D eigenvalue weighted by atomic mass is 10.2. The van der Waals surface area contributed by atoms with Crippen LogP contribution in [0.5, 0.6) is 0 Å². The van der Waals surface area contributed by atoms with E-state index >= 15 is 0 Å². The Labute approximate surface area is 133 Å². The molecule has 0 saturated carbocycles. The summed E-state index contributed by atoms with van der Waals surface area (Å²) in [5.74, 6) is -0.0942. The van der Waals surface area contributed by atoms with Gasteiger partial charge in [-0.3, -0.25) is 4.79 Å². The first-order valence-corrected chi connectivity index (χ1v) is 8.06. The molecule has 2 rings (SSSR count). The van der Waals surface area contributed by atoms with E-state index in [0.717, 1.165) is 5.56 Å². The molecule has 0 radical (unpaired) electrons. The Kier molecular flexibility index (Phi) is 5.79. The largest absolute Gasteiger partial charge is 0.391 e. The SMILES string of the molecule is CCC(O)CN(Cc1ccccc1)C(=O)c1ccc(Cl)s1. The van der Waals surface area contributed by atoms with Gasteiger partial charge in [0.15, 0.2) is 0 Å². The first-order chi connectivity index (χ1) is 10.1. The van der Waals surface area contributed by atoms with Crippen LogP contribution in [0.2, 0.25) is 4.34 Å². The van der Waals surface area contributed by atoms with Gasteiger partial charge in [-0.1, -0.05) is 48.9 Å². The van der Waals surface area contributed by atoms with E-state index in [1.54, 1.807) is 17.0 Å². The minimum absolute atomic E-state index is 0.0942. The molecule has 0 aliphatic carbocycles. The maximum Gasteiger partial charge on any atom is 0.264 e. The number of aliphatic hydroxyl groups is 1. The molecule has 21 heavy (non-hydrogen) atoms. The van der Waals surface area contributed by atoms with Crippen molar-refractivity contribution in [1.82, 2.24) is 4.90 Å². The summed E-state index contributed by atoms with van der Waals surface area (Å²) in [5, 5.41) is 9.89. The fourth-order valence-electron chi connectivity index (χ4n) is 1.99. The van der Waals surface area contributed by atoms with Crippen LogP contribution in [0.3, 0.4) is 0 Å². The lowest BCUT2D eigenvalue weighted by Gasteiger charge is -2.24. The Morgan fingerprint density at radius 1 is 1.29 bits per heavy atom. The van der Waals surface area contributed by atoms with E-state index in [9.17, 15) is 9.90 Å². The monoisotopic (exact) mass is 323 g/mol. The Morgan fingerprint density at radius 2 is 2.00 bits per heavy atom. The highest BCUT2D eigenvalue weighted by atomic mass is 35.5. The van der Waals surface area contributed by atoms with Crippen LogP contribution in [0.25, 0.3) is 0 Å². The van der Waals surface area contributed by atoms with Crippen LogP contribution < -0.4 is 0 Å². The van der Waals surface area contributed by atoms with Crippen molar-refractivity contribution in [3.63, 3.8) is 0 Å². The van der Waals surface area contributed by atoms with Gasteiger partial charge in [-0.15, -0.1) is 11.3 Å². The lowest BCUT2D eigenvalue weighted by Crippen LogP contribution is -2.36. The minimum atomic E-state index is -0.520. The molecule has 1 unspecified atom stereocenters. The predicted molar refractivity (Wildman–Crippen MR) is 86.8 cm³/mol. The zero-order valence-electron chi connectivity index (χ0n) is 11.8. The van der Waals surface area contributed by atoms with Gasteiger partial charge in [-0.2, -0.15) is 0 Å². The Hall–Kier alpha value is -1.36. The standard InChI is InChI=1S/C16H18ClNO2S/c1-2-13(19)11-18(10-12-6-4-3-5-7-12)16(20)14-8-9-15(17)21-14/h3-9,13,19H,2,10-11H2,1H3. The summed E-state index contributed by atoms with van der Waals surface area (Å²) in [5.41, 5.74) is 1.04. The predicted octanol–water partition coefficient (Wildman–Crippen LogP) is 3.81. The number of rotatable bonds is 6. The Balaban J connectivity index is 2.17. The van der Waals surface area contributed by atoms with Crippen molar-refractivity contribution in [1.29, 1.82) is 0 Å². The van der Waals surface area contributed by atoms with Crippen molar-refractivity contribution < 1.29 is 9.90 Å². The third kappa shape index (κ3) is 4.56. The molecule has 0 spiro atoms. The smallest absolute Gasteiger partial charge is 0.264 e. The van der Waals surface area contributed by atoms with E-state index in [-0.39, 0.29) is 5.91 Å². The molecule has 0 aliphatic heterocycles. The molecule has 1 atom stereocenters. The average molecular weight is 324 g/mol. The van der Waals surface area contributed by atoms with E-state index in [0.29, 0.717) is 28.7 Å². The van der Waals surface area contributed by atoms with E-state index in [2.05, 4.69) is 0 Å². The number of amides is 1. The summed E-state index contributed by atoms with van der Waals surface area (Å²) in [6.45, 7) is 2.70. The van der Waals surface area contributed by atoms with E-state index in [1.807, 2.05) is 37.3 Å². The highest BCUT2D eigenvalue weighted by Crippen LogP contribution is 2.23. The van der Waals surface area contributed by atoms with Crippen molar-refractivity contribution in [3.05, 3.63) is 57.2 Å². The van der Waals surface area contributed by atoms with Crippen LogP contribution in [0, 0.1) is 0 Å². The van der Waals surface area contributed by atoms with Crippen LogP contribution in [0.15, 0.2) is 42.5 Å². The van der Waals surface area contributed by atoms with Crippen LogP contribution in [0.4, 0.5) is 0 Å². The fourth-order valence-corrected chi connectivity index (χ4v) is 3.00. The van der Waals surface area contributed by atoms with Gasteiger partial charge < -0.3 is 10.0 Å². The van der Waals surface area contributed by atoms with Gasteiger partial charge in [0.1, 0.15) is 0 Å². The zero-order valence-corrected chi connectivity index (χ0v) is 13.4. The molecular weight excluding hydrogens is 306 g/mol. The molecule has 1 amide bonds. The number of carbonyl (C=O) groups excluding carboxylic acids is 1. The highest BCUT2D eigenvalue weighted by molar-refractivity contribution is 7.17. The number of hydrogen-bond acceptors (Lipinski definition) is 3. The van der Waals surface area contributed by atoms with Crippen molar-refractivity contribution >= 4 is 28.8 Å². The van der Waals surface area contributed by atoms with Crippen LogP contribution in [-0.4, -0.2) is 28.6 Å². The summed E-state index contributed by atoms with van der Waals surface area (Å²) in [7, 11) is 0. The summed E-state index contributed by atoms with van der Waals surface area (Å²) in [4.78, 5) is 14.8. The third-order valence-corrected chi connectivity index (χ3v) is 4.41. The fraction of sp³-hybridized carbons (Fsp3) is 0.312. The van der Waals surface area contributed by atoms with Gasteiger partial charge in [0.25, 0.3) is 5.91 Å².